The van der Waals surface area contributed by atoms with Gasteiger partial charge in [0.1, 0.15) is 6.33 Å². The number of aromatic nitrogens is 2. The van der Waals surface area contributed by atoms with Gasteiger partial charge in [-0.25, -0.2) is 19.2 Å². The van der Waals surface area contributed by atoms with Crippen molar-refractivity contribution in [2.45, 2.75) is 26.7 Å². The molecular formula is C15H14FN3O. The minimum atomic E-state index is -0.581. The third-order valence-electron chi connectivity index (χ3n) is 2.87. The van der Waals surface area contributed by atoms with Gasteiger partial charge in [-0.15, -0.1) is 0 Å². The van der Waals surface area contributed by atoms with E-state index in [1.807, 2.05) is 20.8 Å². The molecule has 0 saturated heterocycles. The Morgan fingerprint density at radius 1 is 1.30 bits per heavy atom. The number of rotatable bonds is 3. The van der Waals surface area contributed by atoms with Crippen LogP contribution < -0.4 is 4.74 Å². The summed E-state index contributed by atoms with van der Waals surface area (Å²) in [4.78, 5) is 11.4. The van der Waals surface area contributed by atoms with E-state index < -0.39 is 5.82 Å². The van der Waals surface area contributed by atoms with Crippen molar-refractivity contribution in [1.82, 2.24) is 9.97 Å². The van der Waals surface area contributed by atoms with E-state index in [2.05, 4.69) is 14.8 Å². The fourth-order valence-corrected chi connectivity index (χ4v) is 1.88. The van der Waals surface area contributed by atoms with Gasteiger partial charge in [0, 0.05) is 5.56 Å². The Kier molecular flexibility index (Phi) is 3.94. The van der Waals surface area contributed by atoms with Gasteiger partial charge in [0.25, 0.3) is 0 Å². The van der Waals surface area contributed by atoms with Crippen LogP contribution in [0, 0.1) is 19.3 Å². The first kappa shape index (κ1) is 13.9. The minimum absolute atomic E-state index is 0.0499. The van der Waals surface area contributed by atoms with Crippen LogP contribution in [0.2, 0.25) is 0 Å². The molecular weight excluding hydrogens is 257 g/mol. The average molecular weight is 271 g/mol. The van der Waals surface area contributed by atoms with Gasteiger partial charge in [0.05, 0.1) is 12.3 Å². The zero-order chi connectivity index (χ0) is 14.7. The van der Waals surface area contributed by atoms with Crippen molar-refractivity contribution in [3.8, 4) is 11.6 Å². The van der Waals surface area contributed by atoms with Crippen LogP contribution in [-0.4, -0.2) is 9.97 Å². The summed E-state index contributed by atoms with van der Waals surface area (Å²) < 4.78 is 19.3. The van der Waals surface area contributed by atoms with Gasteiger partial charge in [-0.3, -0.25) is 0 Å². The lowest BCUT2D eigenvalue weighted by atomic mass is 10.1. The first-order valence-corrected chi connectivity index (χ1v) is 6.19. The highest BCUT2D eigenvalue weighted by Gasteiger charge is 2.13. The normalized spacial score (nSPS) is 10.4. The fraction of sp³-hybridized carbons (Fsp3) is 0.267. The molecule has 4 nitrogen and oxygen atoms in total. The van der Waals surface area contributed by atoms with Gasteiger partial charge in [0.15, 0.2) is 17.3 Å². The molecule has 1 aromatic heterocycles. The van der Waals surface area contributed by atoms with E-state index in [4.69, 9.17) is 11.3 Å². The van der Waals surface area contributed by atoms with Crippen molar-refractivity contribution in [2.75, 3.05) is 0 Å². The quantitative estimate of drug-likeness (QED) is 0.777. The number of nitrogens with zero attached hydrogens (tertiary/aromatic N) is 3. The summed E-state index contributed by atoms with van der Waals surface area (Å²) in [6.45, 7) is 12.7. The van der Waals surface area contributed by atoms with Crippen LogP contribution in [0.3, 0.4) is 0 Å². The highest BCUT2D eigenvalue weighted by molar-refractivity contribution is 5.48. The Morgan fingerprint density at radius 2 is 2.05 bits per heavy atom. The second-order valence-corrected chi connectivity index (χ2v) is 4.67. The lowest BCUT2D eigenvalue weighted by molar-refractivity contribution is 0.422. The molecule has 1 heterocycles. The van der Waals surface area contributed by atoms with E-state index in [-0.39, 0.29) is 17.4 Å². The minimum Gasteiger partial charge on any atom is -0.436 e. The van der Waals surface area contributed by atoms with Crippen LogP contribution in [0.15, 0.2) is 24.5 Å². The molecule has 0 aliphatic heterocycles. The van der Waals surface area contributed by atoms with E-state index in [1.54, 1.807) is 0 Å². The second kappa shape index (κ2) is 5.66. The van der Waals surface area contributed by atoms with Crippen molar-refractivity contribution >= 4 is 5.69 Å². The zero-order valence-corrected chi connectivity index (χ0v) is 11.5. The third-order valence-corrected chi connectivity index (χ3v) is 2.87. The van der Waals surface area contributed by atoms with Crippen LogP contribution >= 0.6 is 0 Å². The molecule has 0 N–H and O–H groups in total. The Bertz CT molecular complexity index is 677. The van der Waals surface area contributed by atoms with E-state index in [0.29, 0.717) is 5.88 Å². The second-order valence-electron chi connectivity index (χ2n) is 4.67. The van der Waals surface area contributed by atoms with E-state index >= 15 is 0 Å². The predicted molar refractivity (Wildman–Crippen MR) is 73.6 cm³/mol. The number of hydrogen-bond acceptors (Lipinski definition) is 3. The van der Waals surface area contributed by atoms with E-state index in [1.165, 1.54) is 18.5 Å². The van der Waals surface area contributed by atoms with Crippen molar-refractivity contribution in [3.05, 3.63) is 53.0 Å². The maximum absolute atomic E-state index is 13.8. The SMILES string of the molecule is [C-]#[N+]c1ccc(Oc2ncnc(C(C)C)c2C)c(F)c1. The van der Waals surface area contributed by atoms with Gasteiger partial charge in [-0.05, 0) is 25.0 Å². The predicted octanol–water partition coefficient (Wildman–Crippen LogP) is 4.39. The Hall–Kier alpha value is -2.48. The van der Waals surface area contributed by atoms with Gasteiger partial charge >= 0.3 is 0 Å². The summed E-state index contributed by atoms with van der Waals surface area (Å²) in [6, 6.07) is 4.08. The van der Waals surface area contributed by atoms with Crippen LogP contribution in [0.5, 0.6) is 11.6 Å². The van der Waals surface area contributed by atoms with Crippen molar-refractivity contribution in [3.63, 3.8) is 0 Å². The molecule has 0 saturated carbocycles. The molecule has 0 radical (unpaired) electrons. The molecule has 102 valence electrons. The zero-order valence-electron chi connectivity index (χ0n) is 11.5. The van der Waals surface area contributed by atoms with Crippen LogP contribution in [0.1, 0.15) is 31.0 Å². The molecule has 2 rings (SSSR count). The van der Waals surface area contributed by atoms with Gasteiger partial charge in [-0.2, -0.15) is 0 Å². The molecule has 0 aliphatic carbocycles. The molecule has 0 atom stereocenters. The van der Waals surface area contributed by atoms with Crippen LogP contribution in [0.4, 0.5) is 10.1 Å². The molecule has 0 fully saturated rings. The van der Waals surface area contributed by atoms with E-state index in [0.717, 1.165) is 17.3 Å². The fourth-order valence-electron chi connectivity index (χ4n) is 1.88. The van der Waals surface area contributed by atoms with Crippen molar-refractivity contribution in [2.24, 2.45) is 0 Å². The van der Waals surface area contributed by atoms with Crippen LogP contribution in [0.25, 0.3) is 4.85 Å². The largest absolute Gasteiger partial charge is 0.436 e. The molecule has 0 bridgehead atoms. The van der Waals surface area contributed by atoms with Gasteiger partial charge < -0.3 is 4.74 Å². The third kappa shape index (κ3) is 2.75. The maximum Gasteiger partial charge on any atom is 0.225 e. The number of hydrogen-bond donors (Lipinski definition) is 0. The molecule has 0 unspecified atom stereocenters. The summed E-state index contributed by atoms with van der Waals surface area (Å²) in [5, 5.41) is 0. The van der Waals surface area contributed by atoms with Gasteiger partial charge in [0.2, 0.25) is 5.88 Å². The topological polar surface area (TPSA) is 39.4 Å². The highest BCUT2D eigenvalue weighted by atomic mass is 19.1. The summed E-state index contributed by atoms with van der Waals surface area (Å²) in [6.07, 6.45) is 1.41. The lowest BCUT2D eigenvalue weighted by Crippen LogP contribution is -2.01. The standard InChI is InChI=1S/C15H14FN3O/c1-9(2)14-10(3)15(19-8-18-14)20-13-6-5-11(17-4)7-12(13)16/h5-9H,1-3H3. The average Bonchev–Trinajstić information content (AvgIpc) is 2.42. The Morgan fingerprint density at radius 3 is 2.65 bits per heavy atom. The number of ether oxygens (including phenoxy) is 1. The van der Waals surface area contributed by atoms with Gasteiger partial charge in [-0.1, -0.05) is 19.9 Å². The molecule has 1 aromatic carbocycles. The summed E-state index contributed by atoms with van der Waals surface area (Å²) in [5.41, 5.74) is 1.89. The van der Waals surface area contributed by atoms with Crippen LogP contribution in [-0.2, 0) is 0 Å². The summed E-state index contributed by atoms with van der Waals surface area (Å²) in [7, 11) is 0. The van der Waals surface area contributed by atoms with Crippen molar-refractivity contribution in [1.29, 1.82) is 0 Å². The first-order chi connectivity index (χ1) is 9.52. The molecule has 0 amide bonds. The summed E-state index contributed by atoms with van der Waals surface area (Å²) >= 11 is 0. The van der Waals surface area contributed by atoms with Crippen molar-refractivity contribution < 1.29 is 9.13 Å². The first-order valence-electron chi connectivity index (χ1n) is 6.19. The smallest absolute Gasteiger partial charge is 0.225 e. The maximum atomic E-state index is 13.8. The Labute approximate surface area is 117 Å². The Balaban J connectivity index is 2.36. The summed E-state index contributed by atoms with van der Waals surface area (Å²) in [5.74, 6) is 0.0318. The molecule has 0 aliphatic rings. The number of halogens is 1. The van der Waals surface area contributed by atoms with E-state index in [9.17, 15) is 4.39 Å². The monoisotopic (exact) mass is 271 g/mol. The lowest BCUT2D eigenvalue weighted by Gasteiger charge is -2.12. The molecule has 20 heavy (non-hydrogen) atoms. The highest BCUT2D eigenvalue weighted by Crippen LogP contribution is 2.30. The molecule has 2 aromatic rings. The molecule has 0 spiro atoms. The molecule has 5 heteroatoms. The number of benzene rings is 1.